The van der Waals surface area contributed by atoms with E-state index in [1.807, 2.05) is 0 Å². The second-order valence-electron chi connectivity index (χ2n) is 0.990. The van der Waals surface area contributed by atoms with Crippen molar-refractivity contribution in [3.05, 3.63) is 0 Å². The summed E-state index contributed by atoms with van der Waals surface area (Å²) < 4.78 is 78.0. The lowest BCUT2D eigenvalue weighted by Crippen LogP contribution is -2.02. The van der Waals surface area contributed by atoms with E-state index in [-0.39, 0.29) is 1.43 Å². The Balaban J connectivity index is -0.000000107. The molecule has 0 saturated carbocycles. The molecule has 10 heavy (non-hydrogen) atoms. The summed E-state index contributed by atoms with van der Waals surface area (Å²) in [5.41, 5.74) is 0. The van der Waals surface area contributed by atoms with E-state index in [4.69, 9.17) is 0 Å². The minimum Gasteiger partial charge on any atom is -0.418 e. The minimum atomic E-state index is -6.00. The Bertz CT molecular complexity index is 55.1. The summed E-state index contributed by atoms with van der Waals surface area (Å²) in [6.45, 7) is 0. The molecule has 0 amide bonds. The number of halogens is 8. The Morgan fingerprint density at radius 3 is 0.500 bits per heavy atom. The molecule has 64 valence electrons. The molecule has 0 aliphatic carbocycles. The minimum absolute atomic E-state index is 0. The van der Waals surface area contributed by atoms with E-state index in [2.05, 4.69) is 0 Å². The zero-order valence-corrected chi connectivity index (χ0v) is 4.18. The molecule has 0 aliphatic heterocycles. The second-order valence-corrected chi connectivity index (χ2v) is 0.990. The predicted octanol–water partition coefficient (Wildman–Crippen LogP) is 2.71. The van der Waals surface area contributed by atoms with E-state index in [0.717, 1.165) is 0 Å². The second kappa shape index (κ2) is 3.67. The highest BCUT2D eigenvalue weighted by molar-refractivity contribution is 6.50. The molecule has 0 fully saturated rings. The first-order valence-electron chi connectivity index (χ1n) is 1.75. The van der Waals surface area contributed by atoms with Crippen LogP contribution in [0, 0.1) is 0 Å². The lowest BCUT2D eigenvalue weighted by Gasteiger charge is -1.94. The number of hydrogen-bond acceptors (Lipinski definition) is 0. The maximum Gasteiger partial charge on any atom is 1.00 e. The fourth-order valence-electron chi connectivity index (χ4n) is 0. The summed E-state index contributed by atoms with van der Waals surface area (Å²) in [7, 11) is -12.0. The van der Waals surface area contributed by atoms with Crippen LogP contribution in [0.1, 0.15) is 1.43 Å². The Hall–Kier alpha value is -0.430. The first kappa shape index (κ1) is 12.3. The molecule has 0 heterocycles. The first-order chi connectivity index (χ1) is 4.00. The van der Waals surface area contributed by atoms with Crippen molar-refractivity contribution in [1.29, 1.82) is 0 Å². The van der Waals surface area contributed by atoms with Crippen LogP contribution >= 0.6 is 0 Å². The van der Waals surface area contributed by atoms with Crippen LogP contribution in [0.15, 0.2) is 0 Å². The van der Waals surface area contributed by atoms with E-state index in [1.165, 1.54) is 0 Å². The Morgan fingerprint density at radius 2 is 0.500 bits per heavy atom. The van der Waals surface area contributed by atoms with Crippen molar-refractivity contribution in [2.75, 3.05) is 0 Å². The topological polar surface area (TPSA) is 0 Å². The smallest absolute Gasteiger partial charge is 0.418 e. The van der Waals surface area contributed by atoms with Gasteiger partial charge in [-0.05, 0) is 0 Å². The molecule has 0 bridgehead atoms. The Morgan fingerprint density at radius 1 is 0.500 bits per heavy atom. The SMILES string of the molecule is F[B-](F)(F)F.F[B-](F)(F)F.[H+]. The quantitative estimate of drug-likeness (QED) is 0.391. The van der Waals surface area contributed by atoms with Gasteiger partial charge in [-0.2, -0.15) is 0 Å². The van der Waals surface area contributed by atoms with Crippen LogP contribution in [0.25, 0.3) is 0 Å². The molecule has 0 radical (unpaired) electrons. The zero-order valence-electron chi connectivity index (χ0n) is 5.18. The summed E-state index contributed by atoms with van der Waals surface area (Å²) in [5, 5.41) is 0. The van der Waals surface area contributed by atoms with Crippen LogP contribution in [0.3, 0.4) is 0 Å². The normalized spacial score (nSPS) is 12.0. The maximum absolute atomic E-state index is 9.75. The lowest BCUT2D eigenvalue weighted by molar-refractivity contribution is 0.366. The van der Waals surface area contributed by atoms with Crippen molar-refractivity contribution >= 4 is 14.5 Å². The summed E-state index contributed by atoms with van der Waals surface area (Å²) in [6, 6.07) is 0. The summed E-state index contributed by atoms with van der Waals surface area (Å²) >= 11 is 0. The molecule has 0 aliphatic rings. The van der Waals surface area contributed by atoms with Crippen LogP contribution in [0.2, 0.25) is 0 Å². The van der Waals surface area contributed by atoms with E-state index < -0.39 is 14.5 Å². The van der Waals surface area contributed by atoms with Crippen molar-refractivity contribution in [1.82, 2.24) is 0 Å². The highest BCUT2D eigenvalue weighted by Crippen LogP contribution is 2.07. The van der Waals surface area contributed by atoms with Crippen molar-refractivity contribution in [3.63, 3.8) is 0 Å². The van der Waals surface area contributed by atoms with Gasteiger partial charge in [0.1, 0.15) is 0 Å². The molecule has 0 N–H and O–H groups in total. The van der Waals surface area contributed by atoms with Gasteiger partial charge >= 0.3 is 15.9 Å². The molecule has 0 aromatic heterocycles. The third-order valence-electron chi connectivity index (χ3n) is 0. The molecule has 0 saturated heterocycles. The van der Waals surface area contributed by atoms with Gasteiger partial charge < -0.3 is 34.5 Å². The van der Waals surface area contributed by atoms with Gasteiger partial charge in [0.2, 0.25) is 0 Å². The van der Waals surface area contributed by atoms with Crippen molar-refractivity contribution in [2.45, 2.75) is 0 Å². The number of hydrogen-bond donors (Lipinski definition) is 0. The van der Waals surface area contributed by atoms with Crippen LogP contribution in [0.5, 0.6) is 0 Å². The van der Waals surface area contributed by atoms with E-state index in [9.17, 15) is 34.5 Å². The third kappa shape index (κ3) is 1770. The van der Waals surface area contributed by atoms with Gasteiger partial charge in [-0.3, -0.25) is 0 Å². The highest BCUT2D eigenvalue weighted by Gasteiger charge is 2.21. The maximum atomic E-state index is 9.75. The summed E-state index contributed by atoms with van der Waals surface area (Å²) in [4.78, 5) is 0. The van der Waals surface area contributed by atoms with Crippen LogP contribution in [0.4, 0.5) is 34.5 Å². The monoisotopic (exact) mass is 175 g/mol. The molecule has 0 aromatic carbocycles. The van der Waals surface area contributed by atoms with Crippen LogP contribution in [-0.2, 0) is 0 Å². The van der Waals surface area contributed by atoms with E-state index in [0.29, 0.717) is 0 Å². The number of rotatable bonds is 0. The predicted molar refractivity (Wildman–Crippen MR) is 21.5 cm³/mol. The third-order valence-corrected chi connectivity index (χ3v) is 0. The van der Waals surface area contributed by atoms with E-state index in [1.54, 1.807) is 0 Å². The Labute approximate surface area is 51.9 Å². The zero-order chi connectivity index (χ0) is 9.00. The first-order valence-corrected chi connectivity index (χ1v) is 1.75. The molecule has 0 unspecified atom stereocenters. The Kier molecular flexibility index (Phi) is 4.50. The highest BCUT2D eigenvalue weighted by atomic mass is 19.5. The average molecular weight is 175 g/mol. The van der Waals surface area contributed by atoms with Crippen molar-refractivity contribution in [3.8, 4) is 0 Å². The average Bonchev–Trinajstić information content (AvgIpc) is 1.12. The molecule has 0 aromatic rings. The fraction of sp³-hybridized carbons (Fsp3) is 0. The van der Waals surface area contributed by atoms with Gasteiger partial charge in [0.05, 0.1) is 0 Å². The van der Waals surface area contributed by atoms with Crippen molar-refractivity contribution < 1.29 is 36.0 Å². The summed E-state index contributed by atoms with van der Waals surface area (Å²) in [5.74, 6) is 0. The standard InChI is InChI=1S/2BF4/c2*2-1(3,4)5/q2*-1/p+1. The molecular weight excluding hydrogens is 174 g/mol. The fourth-order valence-corrected chi connectivity index (χ4v) is 0. The van der Waals surface area contributed by atoms with Gasteiger partial charge in [-0.25, -0.2) is 0 Å². The molecule has 10 heteroatoms. The van der Waals surface area contributed by atoms with Gasteiger partial charge in [0.15, 0.2) is 0 Å². The van der Waals surface area contributed by atoms with Crippen molar-refractivity contribution in [2.24, 2.45) is 0 Å². The van der Waals surface area contributed by atoms with Gasteiger partial charge in [0.25, 0.3) is 0 Å². The van der Waals surface area contributed by atoms with Gasteiger partial charge in [-0.1, -0.05) is 0 Å². The molecule has 0 spiro atoms. The van der Waals surface area contributed by atoms with Gasteiger partial charge in [-0.15, -0.1) is 0 Å². The van der Waals surface area contributed by atoms with Gasteiger partial charge in [0, 0.05) is 0 Å². The molecule has 0 atom stereocenters. The van der Waals surface area contributed by atoms with Crippen LogP contribution < -0.4 is 0 Å². The largest absolute Gasteiger partial charge is 1.00 e. The molecular formula is HB2F8-. The van der Waals surface area contributed by atoms with Crippen LogP contribution in [-0.4, -0.2) is 14.5 Å². The molecule has 0 nitrogen and oxygen atoms in total. The summed E-state index contributed by atoms with van der Waals surface area (Å²) in [6.07, 6.45) is 0. The lowest BCUT2D eigenvalue weighted by atomic mass is 10.3. The van der Waals surface area contributed by atoms with E-state index >= 15 is 0 Å². The molecule has 0 rings (SSSR count).